The summed E-state index contributed by atoms with van der Waals surface area (Å²) >= 11 is 1.18. The van der Waals surface area contributed by atoms with Crippen LogP contribution in [0.15, 0.2) is 58.7 Å². The number of aromatic nitrogens is 2. The number of benzene rings is 1. The first-order valence-electron chi connectivity index (χ1n) is 7.12. The lowest BCUT2D eigenvalue weighted by molar-refractivity contribution is 0.628. The maximum Gasteiger partial charge on any atom is 0.143 e. The van der Waals surface area contributed by atoms with Crippen LogP contribution in [0, 0.1) is 28.5 Å². The van der Waals surface area contributed by atoms with E-state index in [0.717, 1.165) is 0 Å². The number of nitriles is 2. The molecule has 120 valence electrons. The minimum Gasteiger partial charge on any atom is -0.383 e. The Morgan fingerprint density at radius 3 is 2.32 bits per heavy atom. The molecule has 0 bridgehead atoms. The van der Waals surface area contributed by atoms with Crippen molar-refractivity contribution in [1.82, 2.24) is 9.97 Å². The van der Waals surface area contributed by atoms with Gasteiger partial charge < -0.3 is 5.73 Å². The van der Waals surface area contributed by atoms with E-state index in [-0.39, 0.29) is 16.9 Å². The molecule has 1 aromatic carbocycles. The molecule has 3 aromatic rings. The summed E-state index contributed by atoms with van der Waals surface area (Å²) < 4.78 is 13.2. The van der Waals surface area contributed by atoms with Crippen molar-refractivity contribution < 1.29 is 4.39 Å². The third-order valence-electron chi connectivity index (χ3n) is 3.39. The van der Waals surface area contributed by atoms with Gasteiger partial charge in [0.2, 0.25) is 0 Å². The molecule has 0 saturated carbocycles. The van der Waals surface area contributed by atoms with E-state index in [2.05, 4.69) is 16.0 Å². The number of nitrogens with two attached hydrogens (primary N) is 1. The molecule has 25 heavy (non-hydrogen) atoms. The van der Waals surface area contributed by atoms with Gasteiger partial charge >= 0.3 is 0 Å². The summed E-state index contributed by atoms with van der Waals surface area (Å²) in [4.78, 5) is 8.39. The molecule has 0 spiro atoms. The Morgan fingerprint density at radius 2 is 1.72 bits per heavy atom. The number of hydrogen-bond donors (Lipinski definition) is 1. The number of anilines is 1. The van der Waals surface area contributed by atoms with Crippen LogP contribution < -0.4 is 5.73 Å². The van der Waals surface area contributed by atoms with Crippen LogP contribution in [0.1, 0.15) is 11.1 Å². The molecular formula is C18H10FN5S. The van der Waals surface area contributed by atoms with Crippen LogP contribution in [0.3, 0.4) is 0 Å². The van der Waals surface area contributed by atoms with Crippen LogP contribution in [-0.2, 0) is 0 Å². The predicted octanol–water partition coefficient (Wildman–Crippen LogP) is 3.76. The summed E-state index contributed by atoms with van der Waals surface area (Å²) in [6.45, 7) is 0. The SMILES string of the molecule is N#Cc1c(N)nc(Sc2ccccn2)c(C#N)c1-c1ccc(F)cc1. The zero-order chi connectivity index (χ0) is 17.8. The summed E-state index contributed by atoms with van der Waals surface area (Å²) in [5.41, 5.74) is 7.08. The van der Waals surface area contributed by atoms with Crippen molar-refractivity contribution in [3.63, 3.8) is 0 Å². The highest BCUT2D eigenvalue weighted by molar-refractivity contribution is 7.99. The maximum absolute atomic E-state index is 13.2. The standard InChI is InChI=1S/C18H10FN5S/c19-12-6-4-11(5-7-12)16-13(9-20)17(22)24-18(14(16)10-21)25-15-3-1-2-8-23-15/h1-8H,(H2,22,24). The van der Waals surface area contributed by atoms with Gasteiger partial charge in [0.25, 0.3) is 0 Å². The molecule has 5 nitrogen and oxygen atoms in total. The molecule has 0 aliphatic heterocycles. The van der Waals surface area contributed by atoms with Crippen molar-refractivity contribution in [3.8, 4) is 23.3 Å². The molecule has 0 atom stereocenters. The maximum atomic E-state index is 13.2. The molecule has 3 rings (SSSR count). The minimum atomic E-state index is -0.411. The topological polar surface area (TPSA) is 99.4 Å². The van der Waals surface area contributed by atoms with Gasteiger partial charge in [-0.3, -0.25) is 0 Å². The Hall–Kier alpha value is -3.42. The van der Waals surface area contributed by atoms with Gasteiger partial charge in [-0.15, -0.1) is 0 Å². The lowest BCUT2D eigenvalue weighted by Gasteiger charge is -2.12. The van der Waals surface area contributed by atoms with Crippen molar-refractivity contribution in [1.29, 1.82) is 10.5 Å². The van der Waals surface area contributed by atoms with E-state index in [1.165, 1.54) is 36.0 Å². The van der Waals surface area contributed by atoms with Crippen LogP contribution in [-0.4, -0.2) is 9.97 Å². The fraction of sp³-hybridized carbons (Fsp3) is 0. The van der Waals surface area contributed by atoms with E-state index in [1.807, 2.05) is 12.1 Å². The minimum absolute atomic E-state index is 0.0132. The van der Waals surface area contributed by atoms with Crippen LogP contribution in [0.2, 0.25) is 0 Å². The first kappa shape index (κ1) is 16.4. The van der Waals surface area contributed by atoms with Crippen molar-refractivity contribution in [3.05, 3.63) is 65.6 Å². The van der Waals surface area contributed by atoms with E-state index in [0.29, 0.717) is 21.2 Å². The third-order valence-corrected chi connectivity index (χ3v) is 4.33. The summed E-state index contributed by atoms with van der Waals surface area (Å²) in [6, 6.07) is 15.0. The van der Waals surface area contributed by atoms with Gasteiger partial charge in [-0.25, -0.2) is 14.4 Å². The van der Waals surface area contributed by atoms with Gasteiger partial charge in [-0.05, 0) is 41.6 Å². The molecule has 7 heteroatoms. The molecule has 0 aliphatic rings. The van der Waals surface area contributed by atoms with Crippen molar-refractivity contribution in [2.75, 3.05) is 5.73 Å². The van der Waals surface area contributed by atoms with E-state index < -0.39 is 5.82 Å². The Kier molecular flexibility index (Phi) is 4.60. The van der Waals surface area contributed by atoms with Gasteiger partial charge in [0, 0.05) is 11.8 Å². The molecule has 0 amide bonds. The Bertz CT molecular complexity index is 1000. The fourth-order valence-electron chi connectivity index (χ4n) is 2.28. The van der Waals surface area contributed by atoms with E-state index in [1.54, 1.807) is 18.3 Å². The average Bonchev–Trinajstić information content (AvgIpc) is 2.63. The lowest BCUT2D eigenvalue weighted by Crippen LogP contribution is -2.03. The molecule has 0 fully saturated rings. The molecule has 2 aromatic heterocycles. The number of rotatable bonds is 3. The second kappa shape index (κ2) is 7.00. The van der Waals surface area contributed by atoms with Crippen LogP contribution in [0.4, 0.5) is 10.2 Å². The van der Waals surface area contributed by atoms with E-state index >= 15 is 0 Å². The summed E-state index contributed by atoms with van der Waals surface area (Å²) in [5.74, 6) is -0.398. The number of nitrogen functional groups attached to an aromatic ring is 1. The summed E-state index contributed by atoms with van der Waals surface area (Å²) in [5, 5.41) is 20.1. The largest absolute Gasteiger partial charge is 0.383 e. The summed E-state index contributed by atoms with van der Waals surface area (Å²) in [7, 11) is 0. The number of halogens is 1. The Morgan fingerprint density at radius 1 is 1.00 bits per heavy atom. The normalized spacial score (nSPS) is 10.0. The molecular weight excluding hydrogens is 337 g/mol. The third kappa shape index (κ3) is 3.27. The van der Waals surface area contributed by atoms with Gasteiger partial charge in [0.05, 0.1) is 5.56 Å². The van der Waals surface area contributed by atoms with Crippen molar-refractivity contribution >= 4 is 17.6 Å². The first-order valence-corrected chi connectivity index (χ1v) is 7.94. The second-order valence-corrected chi connectivity index (χ2v) is 5.94. The first-order chi connectivity index (χ1) is 12.1. The molecule has 0 saturated heterocycles. The van der Waals surface area contributed by atoms with Crippen LogP contribution >= 0.6 is 11.8 Å². The highest BCUT2D eigenvalue weighted by Gasteiger charge is 2.21. The number of hydrogen-bond acceptors (Lipinski definition) is 6. The van der Waals surface area contributed by atoms with Crippen LogP contribution in [0.5, 0.6) is 0 Å². The Labute approximate surface area is 147 Å². The van der Waals surface area contributed by atoms with Gasteiger partial charge in [0.15, 0.2) is 0 Å². The number of pyridine rings is 2. The van der Waals surface area contributed by atoms with Crippen LogP contribution in [0.25, 0.3) is 11.1 Å². The zero-order valence-corrected chi connectivity index (χ0v) is 13.6. The molecule has 0 aliphatic carbocycles. The molecule has 2 N–H and O–H groups in total. The highest BCUT2D eigenvalue weighted by atomic mass is 32.2. The van der Waals surface area contributed by atoms with Crippen molar-refractivity contribution in [2.45, 2.75) is 10.1 Å². The quantitative estimate of drug-likeness (QED) is 0.774. The average molecular weight is 347 g/mol. The second-order valence-electron chi connectivity index (χ2n) is 4.93. The Balaban J connectivity index is 2.24. The van der Waals surface area contributed by atoms with Gasteiger partial charge in [-0.1, -0.05) is 18.2 Å². The lowest BCUT2D eigenvalue weighted by atomic mass is 9.97. The monoisotopic (exact) mass is 347 g/mol. The molecule has 0 unspecified atom stereocenters. The smallest absolute Gasteiger partial charge is 0.143 e. The van der Waals surface area contributed by atoms with E-state index in [4.69, 9.17) is 5.73 Å². The van der Waals surface area contributed by atoms with Crippen molar-refractivity contribution in [2.24, 2.45) is 0 Å². The molecule has 0 radical (unpaired) electrons. The number of nitrogens with zero attached hydrogens (tertiary/aromatic N) is 4. The van der Waals surface area contributed by atoms with Gasteiger partial charge in [0.1, 0.15) is 39.4 Å². The highest BCUT2D eigenvalue weighted by Crippen LogP contribution is 2.37. The van der Waals surface area contributed by atoms with E-state index in [9.17, 15) is 14.9 Å². The predicted molar refractivity (Wildman–Crippen MR) is 91.8 cm³/mol. The fourth-order valence-corrected chi connectivity index (χ4v) is 3.14. The van der Waals surface area contributed by atoms with Gasteiger partial charge in [-0.2, -0.15) is 10.5 Å². The summed E-state index contributed by atoms with van der Waals surface area (Å²) in [6.07, 6.45) is 1.63. The molecule has 2 heterocycles. The zero-order valence-electron chi connectivity index (χ0n) is 12.8.